The van der Waals surface area contributed by atoms with E-state index in [1.54, 1.807) is 12.1 Å². The van der Waals surface area contributed by atoms with E-state index in [1.807, 2.05) is 19.2 Å². The number of rotatable bonds is 7. The van der Waals surface area contributed by atoms with Crippen molar-refractivity contribution in [2.24, 2.45) is 16.3 Å². The third kappa shape index (κ3) is 6.86. The number of aldehydes is 1. The van der Waals surface area contributed by atoms with Gasteiger partial charge in [0.05, 0.1) is 18.2 Å². The largest absolute Gasteiger partial charge is 0.465 e. The molecule has 5 nitrogen and oxygen atoms in total. The van der Waals surface area contributed by atoms with Gasteiger partial charge in [-0.2, -0.15) is 13.2 Å². The molecule has 3 rings (SSSR count). The molecule has 0 aliphatic heterocycles. The van der Waals surface area contributed by atoms with Gasteiger partial charge < -0.3 is 4.74 Å². The molecule has 0 N–H and O–H groups in total. The number of benzene rings is 2. The van der Waals surface area contributed by atoms with Gasteiger partial charge in [0.15, 0.2) is 6.29 Å². The Morgan fingerprint density at radius 2 is 1.70 bits per heavy atom. The molecule has 2 aromatic carbocycles. The summed E-state index contributed by atoms with van der Waals surface area (Å²) in [5.74, 6) is 0.0509. The maximum atomic E-state index is 13.3. The summed E-state index contributed by atoms with van der Waals surface area (Å²) in [5.41, 5.74) is 0.0877. The molecular formula is C29H35F3N2O3. The number of ether oxygens (including phenoxy) is 1. The van der Waals surface area contributed by atoms with E-state index in [1.165, 1.54) is 19.2 Å². The minimum Gasteiger partial charge on any atom is -0.465 e. The molecule has 2 aromatic rings. The molecule has 0 amide bonds. The van der Waals surface area contributed by atoms with Crippen molar-refractivity contribution in [1.29, 1.82) is 0 Å². The topological polar surface area (TPSA) is 59.0 Å². The Labute approximate surface area is 216 Å². The average Bonchev–Trinajstić information content (AvgIpc) is 2.86. The number of halogens is 3. The smallest absolute Gasteiger partial charge is 0.416 e. The highest BCUT2D eigenvalue weighted by atomic mass is 19.4. The van der Waals surface area contributed by atoms with Crippen molar-refractivity contribution >= 4 is 18.0 Å². The van der Waals surface area contributed by atoms with Crippen molar-refractivity contribution in [2.45, 2.75) is 64.8 Å². The monoisotopic (exact) mass is 516 g/mol. The molecule has 1 aliphatic rings. The molecule has 1 saturated carbocycles. The lowest BCUT2D eigenvalue weighted by Gasteiger charge is -2.46. The van der Waals surface area contributed by atoms with Crippen molar-refractivity contribution in [3.8, 4) is 0 Å². The van der Waals surface area contributed by atoms with Crippen LogP contribution in [0.1, 0.15) is 73.5 Å². The number of alkyl halides is 3. The van der Waals surface area contributed by atoms with Crippen LogP contribution < -0.4 is 0 Å². The van der Waals surface area contributed by atoms with Crippen LogP contribution >= 0.6 is 0 Å². The summed E-state index contributed by atoms with van der Waals surface area (Å²) in [6, 6.07) is 11.8. The van der Waals surface area contributed by atoms with Crippen LogP contribution in [-0.4, -0.2) is 42.7 Å². The average molecular weight is 517 g/mol. The van der Waals surface area contributed by atoms with Gasteiger partial charge in [0.25, 0.3) is 0 Å². The molecule has 37 heavy (non-hydrogen) atoms. The maximum Gasteiger partial charge on any atom is 0.416 e. The second-order valence-electron chi connectivity index (χ2n) is 10.9. The number of methoxy groups -OCH3 is 1. The summed E-state index contributed by atoms with van der Waals surface area (Å²) >= 11 is 0. The van der Waals surface area contributed by atoms with E-state index in [0.29, 0.717) is 37.2 Å². The number of hydrogen-bond acceptors (Lipinski definition) is 5. The van der Waals surface area contributed by atoms with Crippen molar-refractivity contribution in [3.05, 3.63) is 70.8 Å². The number of carbonyl (C=O) groups excluding carboxylic acids is 2. The van der Waals surface area contributed by atoms with Crippen LogP contribution in [0.2, 0.25) is 0 Å². The van der Waals surface area contributed by atoms with Crippen LogP contribution in [0.5, 0.6) is 0 Å². The molecule has 1 fully saturated rings. The fourth-order valence-electron chi connectivity index (χ4n) is 5.05. The second kappa shape index (κ2) is 11.2. The Bertz CT molecular complexity index is 1130. The molecule has 0 aromatic heterocycles. The van der Waals surface area contributed by atoms with Crippen molar-refractivity contribution in [2.75, 3.05) is 14.2 Å². The van der Waals surface area contributed by atoms with Crippen molar-refractivity contribution in [1.82, 2.24) is 4.90 Å². The highest BCUT2D eigenvalue weighted by Crippen LogP contribution is 2.44. The van der Waals surface area contributed by atoms with Crippen molar-refractivity contribution < 1.29 is 27.5 Å². The van der Waals surface area contributed by atoms with Crippen LogP contribution in [-0.2, 0) is 22.3 Å². The minimum atomic E-state index is -4.51. The highest BCUT2D eigenvalue weighted by Gasteiger charge is 2.42. The van der Waals surface area contributed by atoms with E-state index in [9.17, 15) is 22.8 Å². The van der Waals surface area contributed by atoms with Gasteiger partial charge in [0.2, 0.25) is 0 Å². The number of carbonyl (C=O) groups is 2. The van der Waals surface area contributed by atoms with Gasteiger partial charge in [-0.3, -0.25) is 14.7 Å². The predicted molar refractivity (Wildman–Crippen MR) is 137 cm³/mol. The summed E-state index contributed by atoms with van der Waals surface area (Å²) < 4.78 is 44.8. The van der Waals surface area contributed by atoms with Crippen molar-refractivity contribution in [3.63, 3.8) is 0 Å². The van der Waals surface area contributed by atoms with E-state index >= 15 is 0 Å². The van der Waals surface area contributed by atoms with Gasteiger partial charge in [-0.1, -0.05) is 45.0 Å². The van der Waals surface area contributed by atoms with E-state index in [-0.39, 0.29) is 16.7 Å². The standard InChI is InChI=1S/C29H35F3N2O3/c1-27(2,3)23-13-15-28(16-14-23,34(4)18-20-9-11-21(12-10-20)26(36)37-5)33-25(19-35)22-7-6-8-24(17-22)29(30,31)32/h6-12,17,19,23H,13-16,18H2,1-5H3/b33-25+. The van der Waals surface area contributed by atoms with E-state index in [2.05, 4.69) is 25.7 Å². The number of hydrogen-bond donors (Lipinski definition) is 0. The SMILES string of the molecule is COC(=O)c1ccc(CN(C)C2(/N=C(\C=O)c3cccc(C(F)(F)F)c3)CCC(C(C)(C)C)CC2)cc1. The zero-order valence-electron chi connectivity index (χ0n) is 22.1. The third-order valence-electron chi connectivity index (χ3n) is 7.44. The molecule has 0 radical (unpaired) electrons. The molecule has 1 aliphatic carbocycles. The Balaban J connectivity index is 1.97. The van der Waals surface area contributed by atoms with Gasteiger partial charge in [0, 0.05) is 12.1 Å². The Kier molecular flexibility index (Phi) is 8.63. The number of aliphatic imine (C=N–C) groups is 1. The van der Waals surface area contributed by atoms with Gasteiger partial charge >= 0.3 is 12.1 Å². The molecule has 0 unspecified atom stereocenters. The lowest BCUT2D eigenvalue weighted by Crippen LogP contribution is -2.49. The lowest BCUT2D eigenvalue weighted by molar-refractivity contribution is -0.137. The van der Waals surface area contributed by atoms with Gasteiger partial charge in [-0.15, -0.1) is 0 Å². The molecule has 8 heteroatoms. The maximum absolute atomic E-state index is 13.3. The molecule has 0 spiro atoms. The van der Waals surface area contributed by atoms with Crippen LogP contribution in [0.4, 0.5) is 13.2 Å². The number of esters is 1. The summed E-state index contributed by atoms with van der Waals surface area (Å²) in [6.45, 7) is 7.11. The van der Waals surface area contributed by atoms with Crippen LogP contribution in [0.15, 0.2) is 53.5 Å². The molecule has 200 valence electrons. The first-order chi connectivity index (χ1) is 17.3. The van der Waals surface area contributed by atoms with E-state index in [4.69, 9.17) is 9.73 Å². The zero-order valence-corrected chi connectivity index (χ0v) is 22.1. The van der Waals surface area contributed by atoms with Crippen LogP contribution in [0.3, 0.4) is 0 Å². The quantitative estimate of drug-likeness (QED) is 0.238. The normalized spacial score (nSPS) is 21.1. The van der Waals surface area contributed by atoms with Crippen LogP contribution in [0.25, 0.3) is 0 Å². The summed E-state index contributed by atoms with van der Waals surface area (Å²) in [5, 5.41) is 0. The fraction of sp³-hybridized carbons (Fsp3) is 0.483. The Morgan fingerprint density at radius 1 is 1.08 bits per heavy atom. The fourth-order valence-corrected chi connectivity index (χ4v) is 5.05. The van der Waals surface area contributed by atoms with Gasteiger partial charge in [-0.05, 0) is 73.9 Å². The van der Waals surface area contributed by atoms with Gasteiger partial charge in [0.1, 0.15) is 11.4 Å². The minimum absolute atomic E-state index is 0.00759. The first-order valence-corrected chi connectivity index (χ1v) is 12.4. The zero-order chi connectivity index (χ0) is 27.4. The second-order valence-corrected chi connectivity index (χ2v) is 10.9. The molecule has 0 bridgehead atoms. The Morgan fingerprint density at radius 3 is 2.22 bits per heavy atom. The third-order valence-corrected chi connectivity index (χ3v) is 7.44. The highest BCUT2D eigenvalue weighted by molar-refractivity contribution is 6.36. The summed E-state index contributed by atoms with van der Waals surface area (Å²) in [6.07, 6.45) is -0.865. The molecule has 0 saturated heterocycles. The first kappa shape index (κ1) is 28.6. The predicted octanol–water partition coefficient (Wildman–Crippen LogP) is 6.54. The Hall–Kier alpha value is -3.00. The molecular weight excluding hydrogens is 481 g/mol. The molecule has 0 heterocycles. The summed E-state index contributed by atoms with van der Waals surface area (Å²) in [7, 11) is 3.25. The van der Waals surface area contributed by atoms with E-state index < -0.39 is 23.4 Å². The first-order valence-electron chi connectivity index (χ1n) is 12.4. The van der Waals surface area contributed by atoms with Crippen LogP contribution in [0, 0.1) is 11.3 Å². The summed E-state index contributed by atoms with van der Waals surface area (Å²) in [4.78, 5) is 30.9. The number of nitrogens with zero attached hydrogens (tertiary/aromatic N) is 2. The van der Waals surface area contributed by atoms with E-state index in [0.717, 1.165) is 30.5 Å². The van der Waals surface area contributed by atoms with Gasteiger partial charge in [-0.25, -0.2) is 4.79 Å². The molecule has 0 atom stereocenters. The lowest BCUT2D eigenvalue weighted by atomic mass is 9.69.